The van der Waals surface area contributed by atoms with Gasteiger partial charge in [0.2, 0.25) is 0 Å². The molecule has 0 N–H and O–H groups in total. The van der Waals surface area contributed by atoms with Gasteiger partial charge in [0, 0.05) is 16.6 Å². The predicted molar refractivity (Wildman–Crippen MR) is 111 cm³/mol. The van der Waals surface area contributed by atoms with Crippen molar-refractivity contribution < 1.29 is 35.4 Å². The number of nitriles is 1. The van der Waals surface area contributed by atoms with Crippen molar-refractivity contribution >= 4 is 27.3 Å². The van der Waals surface area contributed by atoms with Crippen molar-refractivity contribution in [1.29, 1.82) is 5.26 Å². The van der Waals surface area contributed by atoms with Gasteiger partial charge in [-0.1, -0.05) is 19.9 Å². The van der Waals surface area contributed by atoms with Crippen LogP contribution in [0.5, 0.6) is 5.75 Å². The van der Waals surface area contributed by atoms with Gasteiger partial charge in [-0.2, -0.15) is 26.9 Å². The number of rotatable bonds is 3. The monoisotopic (exact) mass is 475 g/mol. The zero-order chi connectivity index (χ0) is 24.5. The molecule has 0 saturated carbocycles. The fourth-order valence-electron chi connectivity index (χ4n) is 4.38. The Morgan fingerprint density at radius 3 is 2.39 bits per heavy atom. The number of hydrogen-bond acceptors (Lipinski definition) is 6. The average Bonchev–Trinajstić information content (AvgIpc) is 3.10. The maximum atomic E-state index is 13.5. The van der Waals surface area contributed by atoms with Crippen molar-refractivity contribution in [2.45, 2.75) is 38.1 Å². The van der Waals surface area contributed by atoms with Crippen molar-refractivity contribution in [3.63, 3.8) is 0 Å². The van der Waals surface area contributed by atoms with Crippen LogP contribution in [-0.4, -0.2) is 25.5 Å². The van der Waals surface area contributed by atoms with E-state index in [1.807, 2.05) is 6.07 Å². The summed E-state index contributed by atoms with van der Waals surface area (Å²) in [6.07, 6.45) is 0.337. The van der Waals surface area contributed by atoms with Crippen molar-refractivity contribution in [3.05, 3.63) is 69.3 Å². The first-order chi connectivity index (χ1) is 15.2. The molecule has 6 nitrogen and oxygen atoms in total. The molecule has 2 aromatic rings. The van der Waals surface area contributed by atoms with Crippen LogP contribution in [0.15, 0.2) is 35.9 Å². The van der Waals surface area contributed by atoms with Gasteiger partial charge in [-0.15, -0.1) is 0 Å². The third-order valence-corrected chi connectivity index (χ3v) is 7.02. The second kappa shape index (κ2) is 7.02. The summed E-state index contributed by atoms with van der Waals surface area (Å²) in [5.41, 5.74) is -3.79. The lowest BCUT2D eigenvalue weighted by molar-refractivity contribution is -0.0500. The van der Waals surface area contributed by atoms with Crippen molar-refractivity contribution in [3.8, 4) is 11.8 Å². The van der Waals surface area contributed by atoms with E-state index >= 15 is 0 Å². The highest BCUT2D eigenvalue weighted by molar-refractivity contribution is 7.88. The van der Waals surface area contributed by atoms with E-state index in [1.165, 1.54) is 0 Å². The number of halogens is 3. The minimum absolute atomic E-state index is 0.0814. The molecule has 10 heteroatoms. The number of ketones is 2. The van der Waals surface area contributed by atoms with Crippen LogP contribution < -0.4 is 4.18 Å². The summed E-state index contributed by atoms with van der Waals surface area (Å²) in [6, 6.07) is 9.10. The number of Topliss-reactive ketones (excluding diaryl/α,β-unsaturated/α-hetero) is 2. The van der Waals surface area contributed by atoms with Crippen LogP contribution in [0.25, 0.3) is 5.57 Å². The summed E-state index contributed by atoms with van der Waals surface area (Å²) in [6.45, 7) is 4.53. The molecule has 0 spiro atoms. The number of carbonyl (C=O) groups is 2. The minimum atomic E-state index is -6.03. The molecule has 0 radical (unpaired) electrons. The van der Waals surface area contributed by atoms with Crippen LogP contribution in [0.4, 0.5) is 13.2 Å². The summed E-state index contributed by atoms with van der Waals surface area (Å²) < 4.78 is 66.3. The Labute approximate surface area is 187 Å². The van der Waals surface area contributed by atoms with Crippen molar-refractivity contribution in [2.75, 3.05) is 0 Å². The molecule has 33 heavy (non-hydrogen) atoms. The van der Waals surface area contributed by atoms with Crippen LogP contribution in [0.3, 0.4) is 0 Å². The SMILES string of the molecule is CC(=O)c1cc2c(cc1OS(=O)(=O)C(F)(F)F)C(C)(C)C1=C(C2=O)c2ccc(C#N)cc2C1. The fourth-order valence-corrected chi connectivity index (χ4v) is 4.85. The smallest absolute Gasteiger partial charge is 0.375 e. The third-order valence-electron chi connectivity index (χ3n) is 6.05. The summed E-state index contributed by atoms with van der Waals surface area (Å²) >= 11 is 0. The van der Waals surface area contributed by atoms with Gasteiger partial charge in [0.05, 0.1) is 17.2 Å². The molecule has 2 aromatic carbocycles. The van der Waals surface area contributed by atoms with Crippen LogP contribution in [0.2, 0.25) is 0 Å². The quantitative estimate of drug-likeness (QED) is 0.369. The van der Waals surface area contributed by atoms with Crippen LogP contribution in [-0.2, 0) is 22.0 Å². The summed E-state index contributed by atoms with van der Waals surface area (Å²) in [5, 5.41) is 9.18. The van der Waals surface area contributed by atoms with Gasteiger partial charge in [0.1, 0.15) is 0 Å². The lowest BCUT2D eigenvalue weighted by atomic mass is 9.68. The number of benzene rings is 2. The number of allylic oxidation sites excluding steroid dienone is 2. The predicted octanol–water partition coefficient (Wildman–Crippen LogP) is 4.47. The molecule has 2 aliphatic rings. The third kappa shape index (κ3) is 3.35. The van der Waals surface area contributed by atoms with E-state index in [0.717, 1.165) is 24.6 Å². The molecule has 0 unspecified atom stereocenters. The maximum Gasteiger partial charge on any atom is 0.534 e. The minimum Gasteiger partial charge on any atom is -0.375 e. The highest BCUT2D eigenvalue weighted by atomic mass is 32.2. The van der Waals surface area contributed by atoms with E-state index in [0.29, 0.717) is 28.7 Å². The Hall–Kier alpha value is -3.45. The number of carbonyl (C=O) groups excluding carboxylic acids is 2. The molecular formula is C23H16F3NO5S. The van der Waals surface area contributed by atoms with Crippen LogP contribution in [0.1, 0.15) is 63.7 Å². The molecular weight excluding hydrogens is 459 g/mol. The number of fused-ring (bicyclic) bond motifs is 3. The Morgan fingerprint density at radius 2 is 1.82 bits per heavy atom. The van der Waals surface area contributed by atoms with Gasteiger partial charge in [0.25, 0.3) is 0 Å². The highest BCUT2D eigenvalue weighted by Gasteiger charge is 2.50. The first-order valence-corrected chi connectivity index (χ1v) is 11.1. The molecule has 0 bridgehead atoms. The van der Waals surface area contributed by atoms with Gasteiger partial charge >= 0.3 is 15.6 Å². The summed E-state index contributed by atoms with van der Waals surface area (Å²) in [7, 11) is -6.03. The van der Waals surface area contributed by atoms with E-state index in [1.54, 1.807) is 32.0 Å². The van der Waals surface area contributed by atoms with Gasteiger partial charge in [-0.3, -0.25) is 9.59 Å². The Kier molecular flexibility index (Phi) is 4.84. The van der Waals surface area contributed by atoms with Crippen LogP contribution >= 0.6 is 0 Å². The van der Waals surface area contributed by atoms with Gasteiger partial charge in [-0.25, -0.2) is 0 Å². The standard InChI is InChI=1S/C23H16F3NO5S/c1-11(28)15-8-16-17(9-19(15)32-33(30,31)23(24,25)26)22(2,3)18-7-13-6-12(10-27)4-5-14(13)20(18)21(16)29/h4-6,8-9H,7H2,1-3H3. The average molecular weight is 475 g/mol. The number of alkyl halides is 3. The summed E-state index contributed by atoms with van der Waals surface area (Å²) in [4.78, 5) is 25.6. The van der Waals surface area contributed by atoms with Crippen molar-refractivity contribution in [2.24, 2.45) is 0 Å². The van der Waals surface area contributed by atoms with E-state index in [2.05, 4.69) is 4.18 Å². The molecule has 0 aromatic heterocycles. The zero-order valence-electron chi connectivity index (χ0n) is 17.6. The van der Waals surface area contributed by atoms with Crippen molar-refractivity contribution in [1.82, 2.24) is 0 Å². The van der Waals surface area contributed by atoms with Gasteiger partial charge < -0.3 is 4.18 Å². The molecule has 0 fully saturated rings. The molecule has 2 aliphatic carbocycles. The second-order valence-corrected chi connectivity index (χ2v) is 9.94. The molecule has 0 saturated heterocycles. The maximum absolute atomic E-state index is 13.5. The normalized spacial score (nSPS) is 16.6. The Bertz CT molecular complexity index is 1440. The lowest BCUT2D eigenvalue weighted by Gasteiger charge is -2.35. The van der Waals surface area contributed by atoms with Gasteiger partial charge in [0.15, 0.2) is 17.3 Å². The zero-order valence-corrected chi connectivity index (χ0v) is 18.4. The Morgan fingerprint density at radius 1 is 1.15 bits per heavy atom. The van der Waals surface area contributed by atoms with E-state index < -0.39 is 43.9 Å². The van der Waals surface area contributed by atoms with E-state index in [9.17, 15) is 36.4 Å². The topological polar surface area (TPSA) is 101 Å². The fraction of sp³-hybridized carbons (Fsp3) is 0.261. The second-order valence-electron chi connectivity index (χ2n) is 8.40. The highest BCUT2D eigenvalue weighted by Crippen LogP contribution is 2.51. The number of nitrogens with zero attached hydrogens (tertiary/aromatic N) is 1. The Balaban J connectivity index is 1.92. The molecule has 170 valence electrons. The molecule has 0 amide bonds. The van der Waals surface area contributed by atoms with E-state index in [-0.39, 0.29) is 11.1 Å². The summed E-state index contributed by atoms with van der Waals surface area (Å²) in [5.74, 6) is -1.98. The molecule has 4 rings (SSSR count). The largest absolute Gasteiger partial charge is 0.534 e. The van der Waals surface area contributed by atoms with Crippen LogP contribution in [0, 0.1) is 11.3 Å². The lowest BCUT2D eigenvalue weighted by Crippen LogP contribution is -2.31. The first-order valence-electron chi connectivity index (χ1n) is 9.71. The molecule has 0 aliphatic heterocycles. The molecule has 0 heterocycles. The first kappa shape index (κ1) is 22.7. The number of hydrogen-bond donors (Lipinski definition) is 0. The van der Waals surface area contributed by atoms with E-state index in [4.69, 9.17) is 0 Å². The van der Waals surface area contributed by atoms with Gasteiger partial charge in [-0.05, 0) is 59.9 Å². The molecule has 0 atom stereocenters.